The fourth-order valence-electron chi connectivity index (χ4n) is 1.87. The van der Waals surface area contributed by atoms with Crippen molar-refractivity contribution in [3.8, 4) is 11.5 Å². The maximum Gasteiger partial charge on any atom is 0.231 e. The second kappa shape index (κ2) is 5.75. The molecular weight excluding hydrogens is 323 g/mol. The fourth-order valence-corrected chi connectivity index (χ4v) is 1.87. The molecular formula is C14H7F5N2O2. The average molecular weight is 330 g/mol. The Bertz CT molecular complexity index is 781. The van der Waals surface area contributed by atoms with Crippen LogP contribution in [0.15, 0.2) is 23.3 Å². The molecule has 0 aliphatic carbocycles. The van der Waals surface area contributed by atoms with Crippen LogP contribution in [-0.4, -0.2) is 13.0 Å². The first kappa shape index (κ1) is 15.1. The molecule has 0 radical (unpaired) electrons. The van der Waals surface area contributed by atoms with Gasteiger partial charge in [0.05, 0.1) is 6.21 Å². The molecule has 1 aliphatic rings. The number of hydrogen-bond donors (Lipinski definition) is 1. The van der Waals surface area contributed by atoms with Crippen molar-refractivity contribution in [1.82, 2.24) is 0 Å². The largest absolute Gasteiger partial charge is 0.454 e. The lowest BCUT2D eigenvalue weighted by Crippen LogP contribution is -2.06. The van der Waals surface area contributed by atoms with Crippen LogP contribution in [-0.2, 0) is 0 Å². The van der Waals surface area contributed by atoms with E-state index in [0.717, 1.165) is 6.21 Å². The van der Waals surface area contributed by atoms with Crippen molar-refractivity contribution in [2.24, 2.45) is 5.10 Å². The minimum atomic E-state index is -2.23. The van der Waals surface area contributed by atoms with Crippen LogP contribution in [0.3, 0.4) is 0 Å². The number of rotatable bonds is 3. The molecule has 2 aromatic carbocycles. The number of hydrogen-bond acceptors (Lipinski definition) is 4. The Hall–Kier alpha value is -2.84. The van der Waals surface area contributed by atoms with Gasteiger partial charge in [0.2, 0.25) is 12.6 Å². The molecule has 1 N–H and O–H groups in total. The zero-order valence-electron chi connectivity index (χ0n) is 11.2. The SMILES string of the molecule is Fc1c(F)c(F)c(N/N=C/c2ccc3c(c2)OCO3)c(F)c1F. The standard InChI is InChI=1S/C14H7F5N2O2/c15-9-10(16)12(18)14(13(19)11(9)17)21-20-4-6-1-2-7-8(3-6)23-5-22-7/h1-4,21H,5H2/b20-4+. The third-order valence-electron chi connectivity index (χ3n) is 3.00. The first-order valence-electron chi connectivity index (χ1n) is 6.19. The highest BCUT2D eigenvalue weighted by molar-refractivity contribution is 5.81. The second-order valence-electron chi connectivity index (χ2n) is 4.43. The van der Waals surface area contributed by atoms with Crippen molar-refractivity contribution in [2.45, 2.75) is 0 Å². The number of benzene rings is 2. The molecule has 4 nitrogen and oxygen atoms in total. The van der Waals surface area contributed by atoms with Crippen molar-refractivity contribution in [3.05, 3.63) is 52.8 Å². The van der Waals surface area contributed by atoms with Gasteiger partial charge in [0.15, 0.2) is 34.8 Å². The van der Waals surface area contributed by atoms with Crippen LogP contribution >= 0.6 is 0 Å². The third-order valence-corrected chi connectivity index (χ3v) is 3.00. The third kappa shape index (κ3) is 2.65. The first-order valence-corrected chi connectivity index (χ1v) is 6.19. The van der Waals surface area contributed by atoms with Gasteiger partial charge in [-0.25, -0.2) is 22.0 Å². The topological polar surface area (TPSA) is 42.9 Å². The monoisotopic (exact) mass is 330 g/mol. The van der Waals surface area contributed by atoms with Crippen molar-refractivity contribution >= 4 is 11.9 Å². The summed E-state index contributed by atoms with van der Waals surface area (Å²) in [6, 6.07) is 4.69. The lowest BCUT2D eigenvalue weighted by Gasteiger charge is -2.07. The molecule has 0 unspecified atom stereocenters. The van der Waals surface area contributed by atoms with E-state index in [0.29, 0.717) is 17.1 Å². The minimum Gasteiger partial charge on any atom is -0.454 e. The predicted octanol–water partition coefficient (Wildman–Crippen LogP) is 3.56. The Balaban J connectivity index is 1.83. The molecule has 0 aromatic heterocycles. The number of nitrogens with one attached hydrogen (secondary N) is 1. The van der Waals surface area contributed by atoms with Gasteiger partial charge in [-0.05, 0) is 23.8 Å². The lowest BCUT2D eigenvalue weighted by atomic mass is 10.2. The van der Waals surface area contributed by atoms with Crippen molar-refractivity contribution in [2.75, 3.05) is 12.2 Å². The number of anilines is 1. The molecule has 23 heavy (non-hydrogen) atoms. The summed E-state index contributed by atoms with van der Waals surface area (Å²) in [5, 5.41) is 3.46. The average Bonchev–Trinajstić information content (AvgIpc) is 3.02. The van der Waals surface area contributed by atoms with Gasteiger partial charge in [0.25, 0.3) is 0 Å². The Morgan fingerprint density at radius 3 is 2.17 bits per heavy atom. The summed E-state index contributed by atoms with van der Waals surface area (Å²) in [7, 11) is 0. The predicted molar refractivity (Wildman–Crippen MR) is 70.0 cm³/mol. The van der Waals surface area contributed by atoms with E-state index in [9.17, 15) is 22.0 Å². The van der Waals surface area contributed by atoms with Crippen molar-refractivity contribution in [1.29, 1.82) is 0 Å². The van der Waals surface area contributed by atoms with Gasteiger partial charge in [0.1, 0.15) is 5.69 Å². The van der Waals surface area contributed by atoms with Gasteiger partial charge in [-0.15, -0.1) is 0 Å². The van der Waals surface area contributed by atoms with E-state index in [1.165, 1.54) is 6.07 Å². The van der Waals surface area contributed by atoms with E-state index in [2.05, 4.69) is 5.10 Å². The fraction of sp³-hybridized carbons (Fsp3) is 0.0714. The molecule has 0 bridgehead atoms. The smallest absolute Gasteiger partial charge is 0.231 e. The molecule has 3 rings (SSSR count). The van der Waals surface area contributed by atoms with Gasteiger partial charge in [0, 0.05) is 0 Å². The number of fused-ring (bicyclic) bond motifs is 1. The van der Waals surface area contributed by atoms with Crippen LogP contribution in [0.1, 0.15) is 5.56 Å². The Morgan fingerprint density at radius 1 is 0.870 bits per heavy atom. The molecule has 0 atom stereocenters. The molecule has 120 valence electrons. The summed E-state index contributed by atoms with van der Waals surface area (Å²) < 4.78 is 76.0. The molecule has 1 aliphatic heterocycles. The van der Waals surface area contributed by atoms with E-state index in [1.54, 1.807) is 12.1 Å². The highest BCUT2D eigenvalue weighted by Crippen LogP contribution is 2.32. The van der Waals surface area contributed by atoms with Crippen LogP contribution in [0.25, 0.3) is 0 Å². The zero-order valence-corrected chi connectivity index (χ0v) is 11.2. The lowest BCUT2D eigenvalue weighted by molar-refractivity contribution is 0.174. The van der Waals surface area contributed by atoms with Crippen molar-refractivity contribution < 1.29 is 31.4 Å². The van der Waals surface area contributed by atoms with Gasteiger partial charge in [-0.2, -0.15) is 5.10 Å². The van der Waals surface area contributed by atoms with Crippen LogP contribution in [0.4, 0.5) is 27.6 Å². The number of nitrogens with zero attached hydrogens (tertiary/aromatic N) is 1. The van der Waals surface area contributed by atoms with Crippen LogP contribution in [0, 0.1) is 29.1 Å². The van der Waals surface area contributed by atoms with Crippen LogP contribution in [0.5, 0.6) is 11.5 Å². The molecule has 0 fully saturated rings. The highest BCUT2D eigenvalue weighted by Gasteiger charge is 2.25. The van der Waals surface area contributed by atoms with Gasteiger partial charge >= 0.3 is 0 Å². The Morgan fingerprint density at radius 2 is 1.48 bits per heavy atom. The molecule has 2 aromatic rings. The number of ether oxygens (including phenoxy) is 2. The summed E-state index contributed by atoms with van der Waals surface area (Å²) in [4.78, 5) is 0. The zero-order chi connectivity index (χ0) is 16.6. The molecule has 0 saturated heterocycles. The Kier molecular flexibility index (Phi) is 3.77. The normalized spacial score (nSPS) is 12.9. The summed E-state index contributed by atoms with van der Waals surface area (Å²) in [6.07, 6.45) is 1.13. The van der Waals surface area contributed by atoms with E-state index in [4.69, 9.17) is 9.47 Å². The summed E-state index contributed by atoms with van der Waals surface area (Å²) in [5.74, 6) is -9.35. The molecule has 0 amide bonds. The molecule has 0 saturated carbocycles. The van der Waals surface area contributed by atoms with Crippen molar-refractivity contribution in [3.63, 3.8) is 0 Å². The second-order valence-corrected chi connectivity index (χ2v) is 4.43. The summed E-state index contributed by atoms with van der Waals surface area (Å²) in [6.45, 7) is 0.0682. The Labute approximate surface area is 126 Å². The highest BCUT2D eigenvalue weighted by atomic mass is 19.2. The van der Waals surface area contributed by atoms with E-state index < -0.39 is 34.8 Å². The minimum absolute atomic E-state index is 0.0682. The maximum absolute atomic E-state index is 13.4. The van der Waals surface area contributed by atoms with Crippen LogP contribution in [0.2, 0.25) is 0 Å². The first-order chi connectivity index (χ1) is 11.0. The maximum atomic E-state index is 13.4. The van der Waals surface area contributed by atoms with E-state index in [1.807, 2.05) is 5.43 Å². The van der Waals surface area contributed by atoms with E-state index in [-0.39, 0.29) is 6.79 Å². The summed E-state index contributed by atoms with van der Waals surface area (Å²) >= 11 is 0. The quantitative estimate of drug-likeness (QED) is 0.308. The molecule has 9 heteroatoms. The van der Waals surface area contributed by atoms with Gasteiger partial charge < -0.3 is 9.47 Å². The number of halogens is 5. The van der Waals surface area contributed by atoms with E-state index >= 15 is 0 Å². The number of hydrazone groups is 1. The van der Waals surface area contributed by atoms with Gasteiger partial charge in [-0.3, -0.25) is 5.43 Å². The van der Waals surface area contributed by atoms with Crippen LogP contribution < -0.4 is 14.9 Å². The summed E-state index contributed by atoms with van der Waals surface area (Å²) in [5.41, 5.74) is 1.03. The molecule has 0 spiro atoms. The van der Waals surface area contributed by atoms with Gasteiger partial charge in [-0.1, -0.05) is 0 Å². The molecule has 1 heterocycles.